The Hall–Kier alpha value is -0.610. The van der Waals surface area contributed by atoms with E-state index in [9.17, 15) is 9.18 Å². The molecule has 0 atom stereocenters. The van der Waals surface area contributed by atoms with Crippen LogP contribution >= 0.6 is 27.5 Å². The van der Waals surface area contributed by atoms with Crippen molar-refractivity contribution in [3.63, 3.8) is 0 Å². The van der Waals surface area contributed by atoms with E-state index in [0.29, 0.717) is 9.50 Å². The number of halogens is 3. The van der Waals surface area contributed by atoms with E-state index in [0.717, 1.165) is 25.7 Å². The Kier molecular flexibility index (Phi) is 4.62. The zero-order valence-corrected chi connectivity index (χ0v) is 12.2. The van der Waals surface area contributed by atoms with Gasteiger partial charge in [0.15, 0.2) is 0 Å². The van der Waals surface area contributed by atoms with E-state index in [4.69, 9.17) is 11.6 Å². The van der Waals surface area contributed by atoms with Crippen LogP contribution in [0.4, 0.5) is 4.39 Å². The summed E-state index contributed by atoms with van der Waals surface area (Å²) in [6.07, 6.45) is 5.39. The van der Waals surface area contributed by atoms with E-state index < -0.39 is 5.82 Å². The Labute approximate surface area is 119 Å². The van der Waals surface area contributed by atoms with Gasteiger partial charge in [0.1, 0.15) is 5.82 Å². The lowest BCUT2D eigenvalue weighted by Crippen LogP contribution is -2.36. The molecule has 2 rings (SSSR count). The molecule has 0 aliphatic heterocycles. The lowest BCUT2D eigenvalue weighted by molar-refractivity contribution is 0.0923. The largest absolute Gasteiger partial charge is 0.349 e. The Morgan fingerprint density at radius 1 is 1.33 bits per heavy atom. The third-order valence-corrected chi connectivity index (χ3v) is 4.39. The van der Waals surface area contributed by atoms with E-state index in [1.165, 1.54) is 18.6 Å². The van der Waals surface area contributed by atoms with Crippen molar-refractivity contribution in [1.82, 2.24) is 5.32 Å². The second-order valence-electron chi connectivity index (χ2n) is 4.55. The normalized spacial score (nSPS) is 16.6. The zero-order valence-electron chi connectivity index (χ0n) is 9.81. The number of amides is 1. The molecule has 1 aromatic rings. The smallest absolute Gasteiger partial charge is 0.254 e. The maximum atomic E-state index is 13.7. The van der Waals surface area contributed by atoms with Gasteiger partial charge in [0, 0.05) is 10.5 Å². The van der Waals surface area contributed by atoms with Gasteiger partial charge in [-0.1, -0.05) is 30.9 Å². The standard InChI is InChI=1S/C13H14BrClFNO/c14-10-7-12(16)9(6-11(10)15)13(18)17-8-4-2-1-3-5-8/h6-8H,1-5H2,(H,17,18). The fourth-order valence-corrected chi connectivity index (χ4v) is 2.69. The summed E-state index contributed by atoms with van der Waals surface area (Å²) >= 11 is 9.00. The summed E-state index contributed by atoms with van der Waals surface area (Å²) in [5, 5.41) is 3.21. The van der Waals surface area contributed by atoms with Gasteiger partial charge in [-0.05, 0) is 40.9 Å². The number of rotatable bonds is 2. The molecule has 0 bridgehead atoms. The summed E-state index contributed by atoms with van der Waals surface area (Å²) in [5.41, 5.74) is 0.00812. The topological polar surface area (TPSA) is 29.1 Å². The van der Waals surface area contributed by atoms with E-state index in [1.807, 2.05) is 0 Å². The number of nitrogens with one attached hydrogen (secondary N) is 1. The first-order valence-corrected chi connectivity index (χ1v) is 7.20. The summed E-state index contributed by atoms with van der Waals surface area (Å²) in [4.78, 5) is 12.0. The van der Waals surface area contributed by atoms with Gasteiger partial charge in [0.2, 0.25) is 0 Å². The quantitative estimate of drug-likeness (QED) is 0.803. The fraction of sp³-hybridized carbons (Fsp3) is 0.462. The number of hydrogen-bond donors (Lipinski definition) is 1. The number of hydrogen-bond acceptors (Lipinski definition) is 1. The predicted octanol–water partition coefficient (Wildman–Crippen LogP) is 4.30. The Bertz CT molecular complexity index is 461. The first-order chi connectivity index (χ1) is 8.58. The minimum absolute atomic E-state index is 0.00812. The summed E-state index contributed by atoms with van der Waals surface area (Å²) in [5.74, 6) is -0.937. The molecule has 18 heavy (non-hydrogen) atoms. The van der Waals surface area contributed by atoms with Crippen molar-refractivity contribution in [2.75, 3.05) is 0 Å². The molecule has 0 aromatic heterocycles. The van der Waals surface area contributed by atoms with Crippen LogP contribution in [-0.4, -0.2) is 11.9 Å². The highest BCUT2D eigenvalue weighted by molar-refractivity contribution is 9.10. The average Bonchev–Trinajstić information content (AvgIpc) is 2.35. The van der Waals surface area contributed by atoms with Crippen LogP contribution in [0.2, 0.25) is 5.02 Å². The van der Waals surface area contributed by atoms with E-state index in [-0.39, 0.29) is 17.5 Å². The first-order valence-electron chi connectivity index (χ1n) is 6.03. The molecule has 0 spiro atoms. The molecule has 5 heteroatoms. The summed E-state index contributed by atoms with van der Waals surface area (Å²) in [6, 6.07) is 2.74. The number of benzene rings is 1. The Morgan fingerprint density at radius 2 is 2.00 bits per heavy atom. The molecule has 1 amide bonds. The highest BCUT2D eigenvalue weighted by atomic mass is 79.9. The maximum absolute atomic E-state index is 13.7. The second-order valence-corrected chi connectivity index (χ2v) is 5.82. The van der Waals surface area contributed by atoms with E-state index in [1.54, 1.807) is 0 Å². The summed E-state index contributed by atoms with van der Waals surface area (Å²) in [6.45, 7) is 0. The molecule has 1 aromatic carbocycles. The molecule has 2 nitrogen and oxygen atoms in total. The van der Waals surface area contributed by atoms with Crippen molar-refractivity contribution in [3.8, 4) is 0 Å². The van der Waals surface area contributed by atoms with Crippen LogP contribution in [0.3, 0.4) is 0 Å². The molecule has 1 aliphatic rings. The second kappa shape index (κ2) is 6.02. The van der Waals surface area contributed by atoms with Crippen LogP contribution in [0.15, 0.2) is 16.6 Å². The van der Waals surface area contributed by atoms with Crippen molar-refractivity contribution in [2.45, 2.75) is 38.1 Å². The van der Waals surface area contributed by atoms with Crippen LogP contribution in [0.25, 0.3) is 0 Å². The van der Waals surface area contributed by atoms with Crippen molar-refractivity contribution < 1.29 is 9.18 Å². The zero-order chi connectivity index (χ0) is 13.1. The van der Waals surface area contributed by atoms with Crippen molar-refractivity contribution in [1.29, 1.82) is 0 Å². The third-order valence-electron chi connectivity index (χ3n) is 3.19. The molecule has 0 saturated heterocycles. The fourth-order valence-electron chi connectivity index (χ4n) is 2.21. The van der Waals surface area contributed by atoms with Crippen LogP contribution in [0, 0.1) is 5.82 Å². The molecule has 1 aliphatic carbocycles. The van der Waals surface area contributed by atoms with Gasteiger partial charge in [-0.2, -0.15) is 0 Å². The molecular weight excluding hydrogens is 321 g/mol. The number of carbonyl (C=O) groups excluding carboxylic acids is 1. The summed E-state index contributed by atoms with van der Waals surface area (Å²) in [7, 11) is 0. The molecule has 0 unspecified atom stereocenters. The van der Waals surface area contributed by atoms with Gasteiger partial charge < -0.3 is 5.32 Å². The highest BCUT2D eigenvalue weighted by Gasteiger charge is 2.19. The molecular formula is C13H14BrClFNO. The van der Waals surface area contributed by atoms with Crippen LogP contribution in [0.5, 0.6) is 0 Å². The minimum Gasteiger partial charge on any atom is -0.349 e. The van der Waals surface area contributed by atoms with Gasteiger partial charge in [-0.15, -0.1) is 0 Å². The minimum atomic E-state index is -0.556. The van der Waals surface area contributed by atoms with Gasteiger partial charge in [-0.3, -0.25) is 4.79 Å². The summed E-state index contributed by atoms with van der Waals surface area (Å²) < 4.78 is 14.1. The van der Waals surface area contributed by atoms with Crippen molar-refractivity contribution in [2.24, 2.45) is 0 Å². The molecule has 98 valence electrons. The highest BCUT2D eigenvalue weighted by Crippen LogP contribution is 2.26. The van der Waals surface area contributed by atoms with Crippen LogP contribution in [0.1, 0.15) is 42.5 Å². The Balaban J connectivity index is 2.10. The van der Waals surface area contributed by atoms with E-state index >= 15 is 0 Å². The van der Waals surface area contributed by atoms with Gasteiger partial charge in [0.05, 0.1) is 10.6 Å². The maximum Gasteiger partial charge on any atom is 0.254 e. The Morgan fingerprint density at radius 3 is 2.67 bits per heavy atom. The predicted molar refractivity (Wildman–Crippen MR) is 73.4 cm³/mol. The lowest BCUT2D eigenvalue weighted by Gasteiger charge is -2.22. The van der Waals surface area contributed by atoms with Crippen molar-refractivity contribution >= 4 is 33.4 Å². The SMILES string of the molecule is O=C(NC1CCCCC1)c1cc(Cl)c(Br)cc1F. The van der Waals surface area contributed by atoms with Gasteiger partial charge >= 0.3 is 0 Å². The molecule has 1 N–H and O–H groups in total. The molecule has 0 radical (unpaired) electrons. The van der Waals surface area contributed by atoms with Crippen LogP contribution < -0.4 is 5.32 Å². The lowest BCUT2D eigenvalue weighted by atomic mass is 9.95. The monoisotopic (exact) mass is 333 g/mol. The molecule has 1 saturated carbocycles. The van der Waals surface area contributed by atoms with Crippen molar-refractivity contribution in [3.05, 3.63) is 33.0 Å². The van der Waals surface area contributed by atoms with Crippen LogP contribution in [-0.2, 0) is 0 Å². The molecule has 0 heterocycles. The first kappa shape index (κ1) is 13.8. The average molecular weight is 335 g/mol. The number of carbonyl (C=O) groups is 1. The van der Waals surface area contributed by atoms with E-state index in [2.05, 4.69) is 21.2 Å². The third kappa shape index (κ3) is 3.23. The molecule has 1 fully saturated rings. The van der Waals surface area contributed by atoms with Gasteiger partial charge in [-0.25, -0.2) is 4.39 Å². The van der Waals surface area contributed by atoms with Gasteiger partial charge in [0.25, 0.3) is 5.91 Å².